The highest BCUT2D eigenvalue weighted by molar-refractivity contribution is 6.30. The van der Waals surface area contributed by atoms with Gasteiger partial charge in [0.15, 0.2) is 17.8 Å². The summed E-state index contributed by atoms with van der Waals surface area (Å²) < 4.78 is 47.9. The zero-order valence-electron chi connectivity index (χ0n) is 21.7. The van der Waals surface area contributed by atoms with E-state index < -0.39 is 24.5 Å². The second-order valence-corrected chi connectivity index (χ2v) is 9.92. The van der Waals surface area contributed by atoms with Crippen LogP contribution in [0.25, 0.3) is 17.1 Å². The van der Waals surface area contributed by atoms with Crippen molar-refractivity contribution in [3.8, 4) is 17.1 Å². The molecule has 1 N–H and O–H groups in total. The van der Waals surface area contributed by atoms with Crippen molar-refractivity contribution >= 4 is 17.5 Å². The highest BCUT2D eigenvalue weighted by Gasteiger charge is 2.39. The van der Waals surface area contributed by atoms with E-state index in [9.17, 15) is 27.9 Å². The van der Waals surface area contributed by atoms with Gasteiger partial charge in [0.05, 0.1) is 37.1 Å². The summed E-state index contributed by atoms with van der Waals surface area (Å²) in [6.45, 7) is 1.87. The Labute approximate surface area is 236 Å². The van der Waals surface area contributed by atoms with E-state index >= 15 is 0 Å². The monoisotopic (exact) mass is 591 g/mol. The van der Waals surface area contributed by atoms with Crippen LogP contribution in [0.15, 0.2) is 59.7 Å². The minimum Gasteiger partial charge on any atom is -0.382 e. The Kier molecular flexibility index (Phi) is 7.98. The molecule has 0 radical (unpaired) electrons. The topological polar surface area (TPSA) is 120 Å². The molecule has 1 saturated heterocycles. The summed E-state index contributed by atoms with van der Waals surface area (Å²) in [5, 5.41) is 18.7. The lowest BCUT2D eigenvalue weighted by molar-refractivity contribution is -0.207. The van der Waals surface area contributed by atoms with Crippen molar-refractivity contribution in [1.29, 1.82) is 0 Å². The molecule has 2 atom stereocenters. The first-order valence-corrected chi connectivity index (χ1v) is 13.0. The van der Waals surface area contributed by atoms with E-state index in [2.05, 4.69) is 15.2 Å². The number of ether oxygens (including phenoxy) is 1. The summed E-state index contributed by atoms with van der Waals surface area (Å²) in [5.74, 6) is -0.165. The van der Waals surface area contributed by atoms with Crippen molar-refractivity contribution in [2.45, 2.75) is 38.3 Å². The molecule has 0 saturated carbocycles. The molecule has 4 aromatic rings. The van der Waals surface area contributed by atoms with E-state index in [1.165, 1.54) is 35.3 Å². The second kappa shape index (κ2) is 11.5. The number of amides is 1. The summed E-state index contributed by atoms with van der Waals surface area (Å²) in [7, 11) is 0. The first-order chi connectivity index (χ1) is 19.5. The first-order valence-electron chi connectivity index (χ1n) is 12.6. The van der Waals surface area contributed by atoms with Crippen LogP contribution in [0.3, 0.4) is 0 Å². The summed E-state index contributed by atoms with van der Waals surface area (Å²) >= 11 is 5.93. The molecule has 1 amide bonds. The van der Waals surface area contributed by atoms with E-state index in [4.69, 9.17) is 16.3 Å². The quantitative estimate of drug-likeness (QED) is 0.351. The number of aromatic nitrogens is 6. The van der Waals surface area contributed by atoms with Crippen molar-refractivity contribution in [2.24, 2.45) is 0 Å². The molecular weight excluding hydrogens is 567 g/mol. The van der Waals surface area contributed by atoms with E-state index in [-0.39, 0.29) is 30.1 Å². The molecule has 2 aromatic heterocycles. The Hall–Kier alpha value is -4.01. The van der Waals surface area contributed by atoms with Gasteiger partial charge in [0, 0.05) is 17.1 Å². The van der Waals surface area contributed by atoms with Crippen LogP contribution in [0.4, 0.5) is 13.2 Å². The number of hydrogen-bond donors (Lipinski definition) is 1. The average molecular weight is 592 g/mol. The van der Waals surface area contributed by atoms with Gasteiger partial charge in [0.1, 0.15) is 12.9 Å². The van der Waals surface area contributed by atoms with Crippen LogP contribution in [0, 0.1) is 0 Å². The molecule has 0 spiro atoms. The van der Waals surface area contributed by atoms with Gasteiger partial charge in [0.25, 0.3) is 5.91 Å². The smallest absolute Gasteiger partial charge is 0.382 e. The zero-order chi connectivity index (χ0) is 29.3. The second-order valence-electron chi connectivity index (χ2n) is 9.48. The molecule has 41 heavy (non-hydrogen) atoms. The Morgan fingerprint density at radius 3 is 2.61 bits per heavy atom. The third kappa shape index (κ3) is 6.04. The van der Waals surface area contributed by atoms with Crippen LogP contribution >= 0.6 is 11.6 Å². The van der Waals surface area contributed by atoms with Crippen molar-refractivity contribution in [3.63, 3.8) is 0 Å². The lowest BCUT2D eigenvalue weighted by Gasteiger charge is -2.33. The fourth-order valence-electron chi connectivity index (χ4n) is 4.46. The van der Waals surface area contributed by atoms with Gasteiger partial charge in [-0.15, -0.1) is 10.2 Å². The number of nitrogens with zero attached hydrogens (tertiary/aromatic N) is 7. The van der Waals surface area contributed by atoms with Gasteiger partial charge in [-0.25, -0.2) is 19.1 Å². The maximum absolute atomic E-state index is 13.3. The molecule has 2 unspecified atom stereocenters. The van der Waals surface area contributed by atoms with E-state index in [1.54, 1.807) is 29.2 Å². The number of morpholine rings is 1. The number of rotatable bonds is 7. The Morgan fingerprint density at radius 2 is 1.90 bits per heavy atom. The van der Waals surface area contributed by atoms with Gasteiger partial charge in [0.2, 0.25) is 0 Å². The molecule has 3 heterocycles. The molecular formula is C26H25ClF3N7O4. The number of aliphatic hydroxyl groups is 1. The summed E-state index contributed by atoms with van der Waals surface area (Å²) in [4.78, 5) is 32.5. The maximum Gasteiger partial charge on any atom is 0.416 e. The number of alkyl halides is 3. The molecule has 0 aliphatic carbocycles. The molecule has 216 valence electrons. The first kappa shape index (κ1) is 28.5. The number of carbonyl (C=O) groups excluding carboxylic acids is 1. The summed E-state index contributed by atoms with van der Waals surface area (Å²) in [6.07, 6.45) is -6.35. The Bertz CT molecular complexity index is 1600. The molecule has 11 nitrogen and oxygen atoms in total. The number of carbonyl (C=O) groups is 1. The lowest BCUT2D eigenvalue weighted by Crippen LogP contribution is -2.47. The molecule has 1 aliphatic heterocycles. The fourth-order valence-corrected chi connectivity index (χ4v) is 4.58. The lowest BCUT2D eigenvalue weighted by atomic mass is 10.1. The molecule has 1 aliphatic rings. The highest BCUT2D eigenvalue weighted by Crippen LogP contribution is 2.24. The third-order valence-electron chi connectivity index (χ3n) is 6.60. The number of benzene rings is 2. The van der Waals surface area contributed by atoms with Crippen LogP contribution in [0.2, 0.25) is 5.02 Å². The van der Waals surface area contributed by atoms with Gasteiger partial charge >= 0.3 is 11.9 Å². The number of hydrogen-bond acceptors (Lipinski definition) is 7. The van der Waals surface area contributed by atoms with E-state index in [1.807, 2.05) is 6.92 Å². The highest BCUT2D eigenvalue weighted by atomic mass is 35.5. The predicted octanol–water partition coefficient (Wildman–Crippen LogP) is 2.78. The molecule has 5 rings (SSSR count). The van der Waals surface area contributed by atoms with Crippen LogP contribution in [-0.2, 0) is 17.8 Å². The van der Waals surface area contributed by atoms with Gasteiger partial charge in [-0.2, -0.15) is 13.2 Å². The molecule has 0 bridgehead atoms. The number of aliphatic hydroxyl groups excluding tert-OH is 1. The van der Waals surface area contributed by atoms with Crippen LogP contribution in [0.1, 0.15) is 23.1 Å². The van der Waals surface area contributed by atoms with Gasteiger partial charge < -0.3 is 14.7 Å². The summed E-state index contributed by atoms with van der Waals surface area (Å²) in [5.41, 5.74) is 0.280. The maximum atomic E-state index is 13.3. The third-order valence-corrected chi connectivity index (χ3v) is 6.85. The van der Waals surface area contributed by atoms with Crippen molar-refractivity contribution in [1.82, 2.24) is 34.0 Å². The number of halogens is 4. The molecule has 15 heteroatoms. The van der Waals surface area contributed by atoms with Crippen LogP contribution in [-0.4, -0.2) is 83.1 Å². The van der Waals surface area contributed by atoms with Gasteiger partial charge in [-0.1, -0.05) is 23.7 Å². The minimum absolute atomic E-state index is 0.0926. The normalized spacial score (nSPS) is 16.6. The number of para-hydroxylation sites is 1. The fraction of sp³-hybridized carbons (Fsp3) is 0.346. The SMILES string of the molecule is CC1COCCN1C(=O)c1ccccc1-n1cnc(Cn2nc(-c3ccc(Cl)cc3)n(CC(O)C(F)(F)F)c2=O)n1. The molecule has 1 fully saturated rings. The van der Waals surface area contributed by atoms with Crippen LogP contribution in [0.5, 0.6) is 0 Å². The minimum atomic E-state index is -4.94. The van der Waals surface area contributed by atoms with E-state index in [0.29, 0.717) is 41.6 Å². The largest absolute Gasteiger partial charge is 0.416 e. The molecule has 2 aromatic carbocycles. The summed E-state index contributed by atoms with van der Waals surface area (Å²) in [6, 6.07) is 12.8. The van der Waals surface area contributed by atoms with Crippen molar-refractivity contribution < 1.29 is 27.8 Å². The van der Waals surface area contributed by atoms with Crippen molar-refractivity contribution in [2.75, 3.05) is 19.8 Å². The van der Waals surface area contributed by atoms with E-state index in [0.717, 1.165) is 9.25 Å². The van der Waals surface area contributed by atoms with Crippen molar-refractivity contribution in [3.05, 3.63) is 81.8 Å². The van der Waals surface area contributed by atoms with Gasteiger partial charge in [-0.05, 0) is 43.3 Å². The van der Waals surface area contributed by atoms with Gasteiger partial charge in [-0.3, -0.25) is 9.36 Å². The Balaban J connectivity index is 1.46. The average Bonchev–Trinajstić information content (AvgIpc) is 3.53. The van der Waals surface area contributed by atoms with Crippen LogP contribution < -0.4 is 5.69 Å². The standard InChI is InChI=1S/C26H25ClF3N7O4/c1-16-14-41-11-10-34(16)24(39)19-4-2-3-5-20(19)37-15-31-22(32-37)13-36-25(40)35(12-21(38)26(28,29)30)23(33-36)17-6-8-18(27)9-7-17/h2-9,15-16,21,38H,10-14H2,1H3. The Morgan fingerprint density at radius 1 is 1.17 bits per heavy atom. The zero-order valence-corrected chi connectivity index (χ0v) is 22.5. The predicted molar refractivity (Wildman–Crippen MR) is 141 cm³/mol.